The first kappa shape index (κ1) is 33.5. The summed E-state index contributed by atoms with van der Waals surface area (Å²) < 4.78 is 32.4. The molecule has 0 unspecified atom stereocenters. The zero-order chi connectivity index (χ0) is 26.6. The number of benzene rings is 1. The largest absolute Gasteiger partial charge is 0.744 e. The number of quaternary nitrogens is 1. The Morgan fingerprint density at radius 3 is 1.49 bits per heavy atom. The number of unbranched alkanes of at least 4 members (excludes halogenated alkanes) is 15. The molecule has 0 saturated heterocycles. The van der Waals surface area contributed by atoms with Crippen molar-refractivity contribution in [1.29, 1.82) is 0 Å². The van der Waals surface area contributed by atoms with Crippen molar-refractivity contribution in [3.8, 4) is 0 Å². The van der Waals surface area contributed by atoms with E-state index in [0.29, 0.717) is 0 Å². The SMILES string of the molecule is CCCCCCCCCCCCCCCCCC[N+](C)(C)C.O=[N+]([O-])c1cccc(S(=O)(=O)[O-])c1. The van der Waals surface area contributed by atoms with Crippen LogP contribution >= 0.6 is 0 Å². The van der Waals surface area contributed by atoms with Crippen LogP contribution in [0.5, 0.6) is 0 Å². The third-order valence-electron chi connectivity index (χ3n) is 6.00. The van der Waals surface area contributed by atoms with Gasteiger partial charge in [0.1, 0.15) is 10.1 Å². The molecule has 0 heterocycles. The highest BCUT2D eigenvalue weighted by Gasteiger charge is 2.08. The minimum atomic E-state index is -4.61. The van der Waals surface area contributed by atoms with Gasteiger partial charge in [-0.2, -0.15) is 0 Å². The molecule has 1 aromatic rings. The van der Waals surface area contributed by atoms with E-state index in [4.69, 9.17) is 0 Å². The topological polar surface area (TPSA) is 100 Å². The molecule has 0 aliphatic heterocycles. The predicted octanol–water partition coefficient (Wildman–Crippen LogP) is 7.45. The Morgan fingerprint density at radius 1 is 0.743 bits per heavy atom. The summed E-state index contributed by atoms with van der Waals surface area (Å²) in [6.45, 7) is 3.63. The zero-order valence-electron chi connectivity index (χ0n) is 22.7. The van der Waals surface area contributed by atoms with Crippen LogP contribution in [0.3, 0.4) is 0 Å². The smallest absolute Gasteiger partial charge is 0.270 e. The van der Waals surface area contributed by atoms with Gasteiger partial charge in [0.05, 0.1) is 37.5 Å². The van der Waals surface area contributed by atoms with Crippen LogP contribution in [0, 0.1) is 10.1 Å². The fourth-order valence-electron chi connectivity index (χ4n) is 3.89. The van der Waals surface area contributed by atoms with Crippen LogP contribution in [0.15, 0.2) is 29.2 Å². The van der Waals surface area contributed by atoms with Crippen molar-refractivity contribution in [2.45, 2.75) is 115 Å². The molecular weight excluding hydrogens is 464 g/mol. The fraction of sp³-hybridized carbons (Fsp3) is 0.778. The Morgan fingerprint density at radius 2 is 1.14 bits per heavy atom. The third kappa shape index (κ3) is 21.5. The molecule has 0 saturated carbocycles. The van der Waals surface area contributed by atoms with Gasteiger partial charge in [0.2, 0.25) is 0 Å². The van der Waals surface area contributed by atoms with Gasteiger partial charge in [0.15, 0.2) is 0 Å². The van der Waals surface area contributed by atoms with Crippen molar-refractivity contribution in [1.82, 2.24) is 0 Å². The van der Waals surface area contributed by atoms with E-state index < -0.39 is 25.6 Å². The second-order valence-corrected chi connectivity index (χ2v) is 11.9. The number of non-ortho nitro benzene ring substituents is 1. The highest BCUT2D eigenvalue weighted by atomic mass is 32.2. The first-order chi connectivity index (χ1) is 16.5. The van der Waals surface area contributed by atoms with Gasteiger partial charge in [0, 0.05) is 12.1 Å². The molecule has 0 aromatic heterocycles. The lowest BCUT2D eigenvalue weighted by Gasteiger charge is -2.23. The average molecular weight is 515 g/mol. The van der Waals surface area contributed by atoms with E-state index in [-0.39, 0.29) is 0 Å². The number of rotatable bonds is 19. The Balaban J connectivity index is 0.000000750. The highest BCUT2D eigenvalue weighted by molar-refractivity contribution is 7.85. The Bertz CT molecular complexity index is 776. The molecule has 0 N–H and O–H groups in total. The molecule has 204 valence electrons. The summed E-state index contributed by atoms with van der Waals surface area (Å²) in [5.41, 5.74) is -0.420. The van der Waals surface area contributed by atoms with E-state index in [9.17, 15) is 23.1 Å². The van der Waals surface area contributed by atoms with Crippen LogP contribution in [-0.4, -0.2) is 50.1 Å². The minimum Gasteiger partial charge on any atom is -0.744 e. The van der Waals surface area contributed by atoms with Gasteiger partial charge in [0.25, 0.3) is 5.69 Å². The normalized spacial score (nSPS) is 11.7. The van der Waals surface area contributed by atoms with Gasteiger partial charge in [-0.05, 0) is 18.9 Å². The van der Waals surface area contributed by atoms with E-state index >= 15 is 0 Å². The molecule has 0 radical (unpaired) electrons. The van der Waals surface area contributed by atoms with Gasteiger partial charge < -0.3 is 9.04 Å². The Kier molecular flexibility index (Phi) is 18.8. The molecular formula is C27H50N2O5S. The third-order valence-corrected chi connectivity index (χ3v) is 6.83. The molecule has 7 nitrogen and oxygen atoms in total. The Hall–Kier alpha value is -1.51. The standard InChI is InChI=1S/C21H46N.C6H5NO5S/c1-5-6-7-8-9-10-11-12-13-14-15-16-17-18-19-20-21-22(2,3)4;8-7(9)5-2-1-3-6(4-5)13(10,11)12/h5-21H2,1-4H3;1-4H,(H,10,11,12)/q+1;/p-1. The summed E-state index contributed by atoms with van der Waals surface area (Å²) in [6.07, 6.45) is 23.4. The summed E-state index contributed by atoms with van der Waals surface area (Å²) in [6, 6.07) is 3.98. The summed E-state index contributed by atoms with van der Waals surface area (Å²) in [7, 11) is 2.28. The summed E-state index contributed by atoms with van der Waals surface area (Å²) in [5, 5.41) is 10.2. The molecule has 8 heteroatoms. The lowest BCUT2D eigenvalue weighted by Crippen LogP contribution is -2.35. The molecule has 1 rings (SSSR count). The molecule has 0 atom stereocenters. The van der Waals surface area contributed by atoms with Crippen LogP contribution in [0.1, 0.15) is 110 Å². The number of nitro benzene ring substituents is 1. The summed E-state index contributed by atoms with van der Waals surface area (Å²) in [5.74, 6) is 0. The summed E-state index contributed by atoms with van der Waals surface area (Å²) >= 11 is 0. The molecule has 35 heavy (non-hydrogen) atoms. The lowest BCUT2D eigenvalue weighted by atomic mass is 10.0. The van der Waals surface area contributed by atoms with Crippen molar-refractivity contribution in [3.63, 3.8) is 0 Å². The van der Waals surface area contributed by atoms with Crippen LogP contribution in [0.4, 0.5) is 5.69 Å². The minimum absolute atomic E-state index is 0.420. The monoisotopic (exact) mass is 514 g/mol. The van der Waals surface area contributed by atoms with Crippen LogP contribution < -0.4 is 0 Å². The Labute approximate surface area is 214 Å². The first-order valence-electron chi connectivity index (χ1n) is 13.5. The quantitative estimate of drug-likeness (QED) is 0.0627. The van der Waals surface area contributed by atoms with Crippen molar-refractivity contribution in [2.24, 2.45) is 0 Å². The van der Waals surface area contributed by atoms with Crippen LogP contribution in [0.25, 0.3) is 0 Å². The van der Waals surface area contributed by atoms with E-state index in [1.807, 2.05) is 0 Å². The van der Waals surface area contributed by atoms with E-state index in [1.165, 1.54) is 109 Å². The van der Waals surface area contributed by atoms with Gasteiger partial charge in [-0.3, -0.25) is 10.1 Å². The van der Waals surface area contributed by atoms with Gasteiger partial charge >= 0.3 is 0 Å². The summed E-state index contributed by atoms with van der Waals surface area (Å²) in [4.78, 5) is 8.82. The molecule has 0 spiro atoms. The van der Waals surface area contributed by atoms with Crippen molar-refractivity contribution in [3.05, 3.63) is 34.4 Å². The van der Waals surface area contributed by atoms with Crippen molar-refractivity contribution in [2.75, 3.05) is 27.7 Å². The molecule has 0 aliphatic carbocycles. The van der Waals surface area contributed by atoms with E-state index in [2.05, 4.69) is 28.1 Å². The second-order valence-electron chi connectivity index (χ2n) is 10.5. The van der Waals surface area contributed by atoms with Crippen LogP contribution in [0.2, 0.25) is 0 Å². The molecule has 0 amide bonds. The van der Waals surface area contributed by atoms with Gasteiger partial charge in [-0.25, -0.2) is 8.42 Å². The number of hydrogen-bond donors (Lipinski definition) is 0. The predicted molar refractivity (Wildman–Crippen MR) is 144 cm³/mol. The number of nitrogens with zero attached hydrogens (tertiary/aromatic N) is 2. The molecule has 0 bridgehead atoms. The molecule has 0 aliphatic rings. The van der Waals surface area contributed by atoms with Crippen LogP contribution in [-0.2, 0) is 10.1 Å². The van der Waals surface area contributed by atoms with Gasteiger partial charge in [-0.15, -0.1) is 0 Å². The lowest BCUT2D eigenvalue weighted by molar-refractivity contribution is -0.870. The van der Waals surface area contributed by atoms with Gasteiger partial charge in [-0.1, -0.05) is 103 Å². The molecule has 0 fully saturated rings. The number of nitro groups is 1. The van der Waals surface area contributed by atoms with E-state index in [1.54, 1.807) is 0 Å². The maximum absolute atomic E-state index is 10.4. The van der Waals surface area contributed by atoms with E-state index in [0.717, 1.165) is 28.7 Å². The maximum atomic E-state index is 10.4. The van der Waals surface area contributed by atoms with Crippen molar-refractivity contribution >= 4 is 15.8 Å². The fourth-order valence-corrected chi connectivity index (χ4v) is 4.40. The maximum Gasteiger partial charge on any atom is 0.270 e. The average Bonchev–Trinajstić information content (AvgIpc) is 2.78. The van der Waals surface area contributed by atoms with Crippen molar-refractivity contribution < 1.29 is 22.4 Å². The zero-order valence-corrected chi connectivity index (χ0v) is 23.5. The second kappa shape index (κ2) is 19.7. The first-order valence-corrected chi connectivity index (χ1v) is 14.9. The molecule has 1 aromatic carbocycles. The number of hydrogen-bond acceptors (Lipinski definition) is 5. The highest BCUT2D eigenvalue weighted by Crippen LogP contribution is 2.16.